The lowest BCUT2D eigenvalue weighted by molar-refractivity contribution is -0.332. The van der Waals surface area contributed by atoms with Gasteiger partial charge in [-0.2, -0.15) is 0 Å². The molecular formula is C49H82O15. The van der Waals surface area contributed by atoms with Gasteiger partial charge in [0.05, 0.1) is 19.8 Å². The van der Waals surface area contributed by atoms with Crippen molar-refractivity contribution in [3.8, 4) is 0 Å². The van der Waals surface area contributed by atoms with Crippen LogP contribution in [0.2, 0.25) is 0 Å². The van der Waals surface area contributed by atoms with E-state index in [0.717, 1.165) is 83.5 Å². The Morgan fingerprint density at radius 3 is 1.56 bits per heavy atom. The number of esters is 2. The number of carbonyl (C=O) groups is 2. The van der Waals surface area contributed by atoms with E-state index in [9.17, 15) is 45.3 Å². The maximum atomic E-state index is 12.9. The molecule has 15 nitrogen and oxygen atoms in total. The Morgan fingerprint density at radius 2 is 0.984 bits per heavy atom. The molecule has 2 aliphatic heterocycles. The molecule has 7 N–H and O–H groups in total. The van der Waals surface area contributed by atoms with Crippen LogP contribution in [-0.4, -0.2) is 142 Å². The number of allylic oxidation sites excluding steroid dienone is 10. The first-order valence-electron chi connectivity index (χ1n) is 23.9. The van der Waals surface area contributed by atoms with Gasteiger partial charge in [-0.15, -0.1) is 0 Å². The average Bonchev–Trinajstić information content (AvgIpc) is 3.29. The summed E-state index contributed by atoms with van der Waals surface area (Å²) in [6.07, 6.45) is 22.6. The van der Waals surface area contributed by atoms with Gasteiger partial charge in [0, 0.05) is 12.8 Å². The molecule has 2 saturated heterocycles. The monoisotopic (exact) mass is 911 g/mol. The second-order valence-corrected chi connectivity index (χ2v) is 16.5. The number of ether oxygens (including phenoxy) is 6. The molecule has 11 atom stereocenters. The SMILES string of the molecule is CC/C=C\C/C=C\C/C=C\CCCCCCCC(=O)OCC(COC1OC(COC2OC(CO)C(O)C(O)C2O)C(O)C(O)C1O)OC(=O)CCCCC/C=C\C/C=C\CCCCC. The van der Waals surface area contributed by atoms with Gasteiger partial charge in [0.1, 0.15) is 55.4 Å². The number of unbranched alkanes of at least 4 members (excludes halogenated alkanes) is 11. The molecule has 2 heterocycles. The second kappa shape index (κ2) is 36.3. The van der Waals surface area contributed by atoms with Crippen LogP contribution in [0, 0.1) is 0 Å². The fourth-order valence-electron chi connectivity index (χ4n) is 7.02. The molecule has 0 saturated carbocycles. The summed E-state index contributed by atoms with van der Waals surface area (Å²) < 4.78 is 33.4. The van der Waals surface area contributed by atoms with Crippen molar-refractivity contribution in [2.45, 2.75) is 210 Å². The summed E-state index contributed by atoms with van der Waals surface area (Å²) >= 11 is 0. The molecule has 2 aliphatic rings. The van der Waals surface area contributed by atoms with E-state index in [1.807, 2.05) is 0 Å². The number of hydrogen-bond acceptors (Lipinski definition) is 15. The molecule has 0 aliphatic carbocycles. The highest BCUT2D eigenvalue weighted by atomic mass is 16.7. The van der Waals surface area contributed by atoms with Crippen LogP contribution in [0.1, 0.15) is 142 Å². The molecule has 0 aromatic heterocycles. The summed E-state index contributed by atoms with van der Waals surface area (Å²) in [7, 11) is 0. The molecule has 0 aromatic rings. The second-order valence-electron chi connectivity index (χ2n) is 16.5. The third-order valence-corrected chi connectivity index (χ3v) is 11.0. The Labute approximate surface area is 381 Å². The van der Waals surface area contributed by atoms with Crippen LogP contribution >= 0.6 is 0 Å². The summed E-state index contributed by atoms with van der Waals surface area (Å²) in [6, 6.07) is 0. The van der Waals surface area contributed by atoms with Gasteiger partial charge < -0.3 is 64.2 Å². The number of rotatable bonds is 35. The lowest BCUT2D eigenvalue weighted by Gasteiger charge is -2.42. The summed E-state index contributed by atoms with van der Waals surface area (Å²) in [5, 5.41) is 71.9. The van der Waals surface area contributed by atoms with Crippen molar-refractivity contribution in [2.24, 2.45) is 0 Å². The normalized spacial score (nSPS) is 27.1. The zero-order chi connectivity index (χ0) is 46.8. The van der Waals surface area contributed by atoms with Crippen molar-refractivity contribution in [1.29, 1.82) is 0 Å². The van der Waals surface area contributed by atoms with E-state index >= 15 is 0 Å². The van der Waals surface area contributed by atoms with E-state index in [0.29, 0.717) is 12.8 Å². The van der Waals surface area contributed by atoms with Crippen molar-refractivity contribution in [3.63, 3.8) is 0 Å². The predicted octanol–water partition coefficient (Wildman–Crippen LogP) is 5.70. The molecule has 0 bridgehead atoms. The summed E-state index contributed by atoms with van der Waals surface area (Å²) in [5.41, 5.74) is 0. The fourth-order valence-corrected chi connectivity index (χ4v) is 7.02. The van der Waals surface area contributed by atoms with Crippen molar-refractivity contribution in [2.75, 3.05) is 26.4 Å². The predicted molar refractivity (Wildman–Crippen MR) is 243 cm³/mol. The third-order valence-electron chi connectivity index (χ3n) is 11.0. The molecule has 64 heavy (non-hydrogen) atoms. The van der Waals surface area contributed by atoms with Gasteiger partial charge in [-0.1, -0.05) is 113 Å². The maximum absolute atomic E-state index is 12.9. The number of aliphatic hydroxyl groups excluding tert-OH is 7. The quantitative estimate of drug-likeness (QED) is 0.0230. The van der Waals surface area contributed by atoms with Crippen LogP contribution in [0.3, 0.4) is 0 Å². The van der Waals surface area contributed by atoms with Crippen molar-refractivity contribution in [3.05, 3.63) is 60.8 Å². The van der Waals surface area contributed by atoms with E-state index in [-0.39, 0.29) is 19.4 Å². The standard InChI is InChI=1S/C49H82O15/c1-3-5-7-9-11-13-15-17-18-20-21-23-25-27-29-31-40(51)59-34-37(62-41(52)32-30-28-26-24-22-19-16-14-12-10-8-6-4-2)35-60-48-47(58)45(56)43(54)39(64-48)36-61-49-46(57)44(55)42(53)38(33-50)63-49/h5,7,11-14,17-19,22,37-39,42-50,53-58H,3-4,6,8-10,15-16,20-21,23-36H2,1-2H3/b7-5-,13-11-,14-12-,18-17-,22-19-. The molecule has 0 spiro atoms. The van der Waals surface area contributed by atoms with Gasteiger partial charge in [0.25, 0.3) is 0 Å². The highest BCUT2D eigenvalue weighted by Crippen LogP contribution is 2.26. The average molecular weight is 911 g/mol. The van der Waals surface area contributed by atoms with Crippen LogP contribution in [0.25, 0.3) is 0 Å². The fraction of sp³-hybridized carbons (Fsp3) is 0.755. The zero-order valence-electron chi connectivity index (χ0n) is 38.5. The minimum Gasteiger partial charge on any atom is -0.462 e. The van der Waals surface area contributed by atoms with E-state index < -0.39 is 99.3 Å². The minimum absolute atomic E-state index is 0.128. The van der Waals surface area contributed by atoms with E-state index in [4.69, 9.17) is 28.4 Å². The molecule has 2 fully saturated rings. The van der Waals surface area contributed by atoms with Gasteiger partial charge in [-0.3, -0.25) is 9.59 Å². The van der Waals surface area contributed by atoms with Crippen LogP contribution in [0.4, 0.5) is 0 Å². The van der Waals surface area contributed by atoms with E-state index in [1.54, 1.807) is 0 Å². The first-order valence-corrected chi connectivity index (χ1v) is 23.9. The van der Waals surface area contributed by atoms with Gasteiger partial charge in [0.2, 0.25) is 0 Å². The van der Waals surface area contributed by atoms with Gasteiger partial charge >= 0.3 is 11.9 Å². The Morgan fingerprint density at radius 1 is 0.516 bits per heavy atom. The largest absolute Gasteiger partial charge is 0.462 e. The Balaban J connectivity index is 1.86. The number of aliphatic hydroxyl groups is 7. The topological polar surface area (TPSA) is 231 Å². The lowest BCUT2D eigenvalue weighted by atomic mass is 9.98. The van der Waals surface area contributed by atoms with E-state index in [2.05, 4.69) is 74.6 Å². The van der Waals surface area contributed by atoms with Crippen molar-refractivity contribution < 1.29 is 73.8 Å². The van der Waals surface area contributed by atoms with Crippen LogP contribution < -0.4 is 0 Å². The minimum atomic E-state index is -1.77. The Bertz CT molecular complexity index is 1350. The van der Waals surface area contributed by atoms with Crippen molar-refractivity contribution >= 4 is 11.9 Å². The molecule has 15 heteroatoms. The molecular weight excluding hydrogens is 829 g/mol. The summed E-state index contributed by atoms with van der Waals surface area (Å²) in [5.74, 6) is -0.980. The molecule has 0 radical (unpaired) electrons. The molecule has 0 amide bonds. The van der Waals surface area contributed by atoms with Gasteiger partial charge in [-0.05, 0) is 77.0 Å². The van der Waals surface area contributed by atoms with Crippen LogP contribution in [0.5, 0.6) is 0 Å². The van der Waals surface area contributed by atoms with Crippen LogP contribution in [-0.2, 0) is 38.0 Å². The van der Waals surface area contributed by atoms with Crippen molar-refractivity contribution in [1.82, 2.24) is 0 Å². The van der Waals surface area contributed by atoms with Crippen LogP contribution in [0.15, 0.2) is 60.8 Å². The molecule has 11 unspecified atom stereocenters. The smallest absolute Gasteiger partial charge is 0.306 e. The molecule has 368 valence electrons. The highest BCUT2D eigenvalue weighted by molar-refractivity contribution is 5.70. The first kappa shape index (κ1) is 57.3. The lowest BCUT2D eigenvalue weighted by Crippen LogP contribution is -2.61. The highest BCUT2D eigenvalue weighted by Gasteiger charge is 2.47. The zero-order valence-corrected chi connectivity index (χ0v) is 38.5. The number of carbonyl (C=O) groups excluding carboxylic acids is 2. The first-order chi connectivity index (χ1) is 31.0. The van der Waals surface area contributed by atoms with Gasteiger partial charge in [0.15, 0.2) is 18.7 Å². The molecule has 0 aromatic carbocycles. The third kappa shape index (κ3) is 24.6. The Kier molecular flexibility index (Phi) is 32.5. The maximum Gasteiger partial charge on any atom is 0.306 e. The van der Waals surface area contributed by atoms with E-state index in [1.165, 1.54) is 19.3 Å². The summed E-state index contributed by atoms with van der Waals surface area (Å²) in [4.78, 5) is 25.7. The Hall–Kier alpha value is -2.80. The summed E-state index contributed by atoms with van der Waals surface area (Å²) in [6.45, 7) is 2.37. The van der Waals surface area contributed by atoms with Gasteiger partial charge in [-0.25, -0.2) is 0 Å². The molecule has 2 rings (SSSR count). The number of hydrogen-bond donors (Lipinski definition) is 7.